The lowest BCUT2D eigenvalue weighted by Crippen LogP contribution is -2.37. The van der Waals surface area contributed by atoms with Gasteiger partial charge in [0.2, 0.25) is 17.8 Å². The molecule has 138 valence electrons. The molecule has 9 heteroatoms. The monoisotopic (exact) mass is 356 g/mol. The van der Waals surface area contributed by atoms with E-state index in [-0.39, 0.29) is 0 Å². The Morgan fingerprint density at radius 2 is 1.85 bits per heavy atom. The van der Waals surface area contributed by atoms with Crippen molar-refractivity contribution in [3.05, 3.63) is 29.8 Å². The number of nitrogens with one attached hydrogen (secondary N) is 1. The fourth-order valence-electron chi connectivity index (χ4n) is 2.43. The quantitative estimate of drug-likeness (QED) is 0.468. The van der Waals surface area contributed by atoms with Crippen LogP contribution in [0.2, 0.25) is 0 Å². The van der Waals surface area contributed by atoms with E-state index >= 15 is 0 Å². The van der Waals surface area contributed by atoms with E-state index in [1.165, 1.54) is 0 Å². The van der Waals surface area contributed by atoms with Crippen molar-refractivity contribution in [1.82, 2.24) is 15.0 Å². The van der Waals surface area contributed by atoms with Gasteiger partial charge in [0.15, 0.2) is 0 Å². The van der Waals surface area contributed by atoms with Gasteiger partial charge in [-0.05, 0) is 24.6 Å². The van der Waals surface area contributed by atoms with Crippen molar-refractivity contribution in [2.45, 2.75) is 6.92 Å². The molecule has 1 aromatic heterocycles. The zero-order chi connectivity index (χ0) is 18.5. The normalized spacial score (nSPS) is 15.0. The van der Waals surface area contributed by atoms with E-state index in [0.717, 1.165) is 30.1 Å². The molecule has 0 bridgehead atoms. The number of nitrogens with zero attached hydrogens (tertiary/aromatic N) is 6. The lowest BCUT2D eigenvalue weighted by Gasteiger charge is -2.27. The first kappa shape index (κ1) is 17.9. The van der Waals surface area contributed by atoms with Crippen LogP contribution in [-0.2, 0) is 4.74 Å². The Morgan fingerprint density at radius 3 is 2.50 bits per heavy atom. The molecule has 9 nitrogen and oxygen atoms in total. The maximum absolute atomic E-state index is 5.72. The lowest BCUT2D eigenvalue weighted by molar-refractivity contribution is 0.122. The second kappa shape index (κ2) is 7.96. The standard InChI is InChI=1S/C17H24N8O/c1-12(13-4-6-14(18)7-5-13)22-23-15-19-16(24(2)3)21-17(20-15)25-8-10-26-11-9-25/h4-7H,8-11,18H2,1-3H3,(H,19,20,21,23)/b22-12+. The van der Waals surface area contributed by atoms with E-state index in [2.05, 4.69) is 30.4 Å². The minimum Gasteiger partial charge on any atom is -0.399 e. The van der Waals surface area contributed by atoms with Gasteiger partial charge >= 0.3 is 0 Å². The molecule has 0 spiro atoms. The first-order chi connectivity index (χ1) is 12.5. The average Bonchev–Trinajstić information content (AvgIpc) is 2.67. The van der Waals surface area contributed by atoms with Gasteiger partial charge in [0.25, 0.3) is 0 Å². The van der Waals surface area contributed by atoms with E-state index in [4.69, 9.17) is 10.5 Å². The van der Waals surface area contributed by atoms with Crippen LogP contribution < -0.4 is 21.0 Å². The number of hydrazone groups is 1. The molecule has 0 aliphatic carbocycles. The Morgan fingerprint density at radius 1 is 1.15 bits per heavy atom. The number of nitrogen functional groups attached to an aromatic ring is 1. The summed E-state index contributed by atoms with van der Waals surface area (Å²) >= 11 is 0. The summed E-state index contributed by atoms with van der Waals surface area (Å²) in [4.78, 5) is 17.4. The van der Waals surface area contributed by atoms with Crippen LogP contribution in [0.5, 0.6) is 0 Å². The zero-order valence-electron chi connectivity index (χ0n) is 15.3. The van der Waals surface area contributed by atoms with E-state index in [1.54, 1.807) is 0 Å². The molecule has 1 aromatic carbocycles. The minimum atomic E-state index is 0.403. The molecule has 0 atom stereocenters. The van der Waals surface area contributed by atoms with Crippen LogP contribution in [-0.4, -0.2) is 61.1 Å². The number of ether oxygens (including phenoxy) is 1. The molecule has 3 rings (SSSR count). The van der Waals surface area contributed by atoms with Crippen LogP contribution in [0.1, 0.15) is 12.5 Å². The number of hydrogen-bond donors (Lipinski definition) is 2. The number of morpholine rings is 1. The highest BCUT2D eigenvalue weighted by Gasteiger charge is 2.17. The van der Waals surface area contributed by atoms with E-state index in [9.17, 15) is 0 Å². The number of aromatic nitrogens is 3. The molecule has 1 fully saturated rings. The van der Waals surface area contributed by atoms with Gasteiger partial charge in [-0.2, -0.15) is 20.1 Å². The first-order valence-corrected chi connectivity index (χ1v) is 8.45. The smallest absolute Gasteiger partial charge is 0.250 e. The SMILES string of the molecule is C/C(=N\Nc1nc(N(C)C)nc(N2CCOCC2)n1)c1ccc(N)cc1. The van der Waals surface area contributed by atoms with Gasteiger partial charge in [0.05, 0.1) is 18.9 Å². The zero-order valence-corrected chi connectivity index (χ0v) is 15.3. The third kappa shape index (κ3) is 4.37. The lowest BCUT2D eigenvalue weighted by atomic mass is 10.1. The molecule has 1 aliphatic rings. The van der Waals surface area contributed by atoms with Crippen molar-refractivity contribution in [1.29, 1.82) is 0 Å². The van der Waals surface area contributed by atoms with Crippen LogP contribution in [0, 0.1) is 0 Å². The Hall–Kier alpha value is -2.94. The number of benzene rings is 1. The molecule has 0 radical (unpaired) electrons. The van der Waals surface area contributed by atoms with Gasteiger partial charge < -0.3 is 20.3 Å². The highest BCUT2D eigenvalue weighted by molar-refractivity contribution is 5.99. The second-order valence-corrected chi connectivity index (χ2v) is 6.18. The van der Waals surface area contributed by atoms with E-state index < -0.39 is 0 Å². The molecular formula is C17H24N8O. The van der Waals surface area contributed by atoms with Crippen molar-refractivity contribution in [3.8, 4) is 0 Å². The summed E-state index contributed by atoms with van der Waals surface area (Å²) in [6, 6.07) is 7.54. The number of hydrogen-bond acceptors (Lipinski definition) is 9. The van der Waals surface area contributed by atoms with Crippen molar-refractivity contribution in [2.24, 2.45) is 5.10 Å². The van der Waals surface area contributed by atoms with E-state index in [0.29, 0.717) is 31.1 Å². The minimum absolute atomic E-state index is 0.403. The first-order valence-electron chi connectivity index (χ1n) is 8.45. The molecule has 0 saturated carbocycles. The van der Waals surface area contributed by atoms with Gasteiger partial charge in [0.1, 0.15) is 0 Å². The topological polar surface area (TPSA) is 105 Å². The van der Waals surface area contributed by atoms with Crippen molar-refractivity contribution in [2.75, 3.05) is 61.4 Å². The summed E-state index contributed by atoms with van der Waals surface area (Å²) in [5.41, 5.74) is 11.2. The Kier molecular flexibility index (Phi) is 5.47. The third-order valence-electron chi connectivity index (χ3n) is 3.96. The third-order valence-corrected chi connectivity index (χ3v) is 3.96. The summed E-state index contributed by atoms with van der Waals surface area (Å²) in [6.07, 6.45) is 0. The second-order valence-electron chi connectivity index (χ2n) is 6.18. The van der Waals surface area contributed by atoms with Crippen molar-refractivity contribution >= 4 is 29.2 Å². The molecule has 0 unspecified atom stereocenters. The molecule has 1 aliphatic heterocycles. The molecule has 3 N–H and O–H groups in total. The highest BCUT2D eigenvalue weighted by atomic mass is 16.5. The Bertz CT molecular complexity index is 769. The summed E-state index contributed by atoms with van der Waals surface area (Å²) in [7, 11) is 3.79. The van der Waals surface area contributed by atoms with Gasteiger partial charge in [-0.15, -0.1) is 0 Å². The Labute approximate surface area is 152 Å². The van der Waals surface area contributed by atoms with Crippen molar-refractivity contribution in [3.63, 3.8) is 0 Å². The molecule has 26 heavy (non-hydrogen) atoms. The molecule has 0 amide bonds. The average molecular weight is 356 g/mol. The molecular weight excluding hydrogens is 332 g/mol. The highest BCUT2D eigenvalue weighted by Crippen LogP contribution is 2.16. The number of nitrogens with two attached hydrogens (primary N) is 1. The summed E-state index contributed by atoms with van der Waals surface area (Å²) in [6.45, 7) is 4.75. The van der Waals surface area contributed by atoms with Gasteiger partial charge in [-0.1, -0.05) is 12.1 Å². The van der Waals surface area contributed by atoms with E-state index in [1.807, 2.05) is 50.2 Å². The van der Waals surface area contributed by atoms with Crippen LogP contribution >= 0.6 is 0 Å². The van der Waals surface area contributed by atoms with Gasteiger partial charge in [-0.3, -0.25) is 0 Å². The number of rotatable bonds is 5. The fourth-order valence-corrected chi connectivity index (χ4v) is 2.43. The van der Waals surface area contributed by atoms with Crippen LogP contribution in [0.15, 0.2) is 29.4 Å². The predicted molar refractivity (Wildman–Crippen MR) is 104 cm³/mol. The Balaban J connectivity index is 1.82. The van der Waals surface area contributed by atoms with Gasteiger partial charge in [-0.25, -0.2) is 5.43 Å². The molecule has 1 saturated heterocycles. The van der Waals surface area contributed by atoms with Crippen LogP contribution in [0.25, 0.3) is 0 Å². The maximum atomic E-state index is 5.72. The number of anilines is 4. The summed E-state index contributed by atoms with van der Waals surface area (Å²) in [5, 5.41) is 4.39. The summed E-state index contributed by atoms with van der Waals surface area (Å²) in [5.74, 6) is 1.60. The molecule has 2 heterocycles. The van der Waals surface area contributed by atoms with Crippen LogP contribution in [0.4, 0.5) is 23.5 Å². The van der Waals surface area contributed by atoms with Crippen LogP contribution in [0.3, 0.4) is 0 Å². The largest absolute Gasteiger partial charge is 0.399 e. The van der Waals surface area contributed by atoms with Gasteiger partial charge in [0, 0.05) is 32.9 Å². The van der Waals surface area contributed by atoms with Crippen molar-refractivity contribution < 1.29 is 4.74 Å². The fraction of sp³-hybridized carbons (Fsp3) is 0.412. The predicted octanol–water partition coefficient (Wildman–Crippen LogP) is 1.19. The maximum Gasteiger partial charge on any atom is 0.250 e. The summed E-state index contributed by atoms with van der Waals surface area (Å²) < 4.78 is 5.40. The molecule has 2 aromatic rings.